The zero-order chi connectivity index (χ0) is 41.3. The number of aliphatic hydroxyl groups excluding tert-OH is 1. The fraction of sp³-hybridized carbons (Fsp3) is 0.902. The summed E-state index contributed by atoms with van der Waals surface area (Å²) in [5, 5.41) is 62.8. The molecule has 0 aromatic carbocycles. The van der Waals surface area contributed by atoms with Crippen molar-refractivity contribution in [3.8, 4) is 0 Å². The standard InChI is InChI=1S/C41H63NO14/c1-10-20(3)34(46)55-33-31(45)30-24(18-42-17-19(2)11-12-28(42)38(30,9)49)25-16-39-32(40(25,33)50)26(53-23(6)44)15-27-36(39,7)14-13-29(41(27,51)56-39)54-35(47)37(8,48)21(4)52-22(5)43/h19-21,24-33,45,48-51H,10-18H2,1-9H3/t19-,20-,21+,24-,25-,26+,27-,28-,29-,30+,31+,32+,33-,36-,37-,38+,39+,40-,41-/m0/s1. The number of hydrogen-bond acceptors (Lipinski definition) is 15. The van der Waals surface area contributed by atoms with Crippen LogP contribution in [0.1, 0.15) is 107 Å². The van der Waals surface area contributed by atoms with Crippen molar-refractivity contribution >= 4 is 23.9 Å². The van der Waals surface area contributed by atoms with E-state index in [4.69, 9.17) is 23.7 Å². The van der Waals surface area contributed by atoms with Gasteiger partial charge in [-0.1, -0.05) is 27.7 Å². The Kier molecular flexibility index (Phi) is 10.1. The van der Waals surface area contributed by atoms with Gasteiger partial charge in [0, 0.05) is 50.2 Å². The topological polar surface area (TPSA) is 219 Å². The molecule has 316 valence electrons. The molecule has 0 radical (unpaired) electrons. The number of fused-ring (bicyclic) bond motifs is 5. The Labute approximate surface area is 328 Å². The molecular weight excluding hydrogens is 730 g/mol. The third-order valence-electron chi connectivity index (χ3n) is 16.1. The highest BCUT2D eigenvalue weighted by atomic mass is 16.7. The quantitative estimate of drug-likeness (QED) is 0.174. The van der Waals surface area contributed by atoms with E-state index in [0.717, 1.165) is 20.3 Å². The molecule has 19 atom stereocenters. The van der Waals surface area contributed by atoms with Crippen molar-refractivity contribution in [2.24, 2.45) is 46.8 Å². The van der Waals surface area contributed by atoms with Crippen molar-refractivity contribution in [2.45, 2.75) is 172 Å². The van der Waals surface area contributed by atoms with E-state index in [0.29, 0.717) is 38.3 Å². The van der Waals surface area contributed by atoms with E-state index >= 15 is 0 Å². The minimum atomic E-state index is -2.28. The summed E-state index contributed by atoms with van der Waals surface area (Å²) in [5.74, 6) is -9.57. The number of carbonyl (C=O) groups excluding carboxylic acids is 4. The second-order valence-corrected chi connectivity index (χ2v) is 19.3. The highest BCUT2D eigenvalue weighted by molar-refractivity contribution is 5.80. The van der Waals surface area contributed by atoms with Gasteiger partial charge >= 0.3 is 23.9 Å². The number of esters is 4. The van der Waals surface area contributed by atoms with Crippen LogP contribution in [0.15, 0.2) is 0 Å². The van der Waals surface area contributed by atoms with Crippen molar-refractivity contribution in [1.82, 2.24) is 4.90 Å². The average Bonchev–Trinajstić information content (AvgIpc) is 3.37. The summed E-state index contributed by atoms with van der Waals surface area (Å²) in [6.45, 7) is 15.4. The third-order valence-corrected chi connectivity index (χ3v) is 16.1. The minimum absolute atomic E-state index is 0.0258. The molecule has 7 aliphatic rings. The van der Waals surface area contributed by atoms with Gasteiger partial charge in [-0.2, -0.15) is 0 Å². The number of carbonyl (C=O) groups is 4. The van der Waals surface area contributed by atoms with Gasteiger partial charge < -0.3 is 49.2 Å². The van der Waals surface area contributed by atoms with Crippen LogP contribution in [0, 0.1) is 46.8 Å². The van der Waals surface area contributed by atoms with Gasteiger partial charge in [0.05, 0.1) is 29.1 Å². The Morgan fingerprint density at radius 2 is 1.66 bits per heavy atom. The summed E-state index contributed by atoms with van der Waals surface area (Å²) in [7, 11) is 0. The van der Waals surface area contributed by atoms with Gasteiger partial charge in [0.25, 0.3) is 0 Å². The van der Waals surface area contributed by atoms with E-state index in [1.165, 1.54) is 13.8 Å². The lowest BCUT2D eigenvalue weighted by Gasteiger charge is -2.64. The molecule has 4 bridgehead atoms. The molecule has 5 N–H and O–H groups in total. The van der Waals surface area contributed by atoms with Crippen molar-refractivity contribution in [1.29, 1.82) is 0 Å². The van der Waals surface area contributed by atoms with E-state index in [9.17, 15) is 44.7 Å². The van der Waals surface area contributed by atoms with Crippen molar-refractivity contribution in [2.75, 3.05) is 13.1 Å². The van der Waals surface area contributed by atoms with Crippen LogP contribution in [0.4, 0.5) is 0 Å². The first-order valence-corrected chi connectivity index (χ1v) is 20.7. The molecule has 4 aliphatic carbocycles. The lowest BCUT2D eigenvalue weighted by atomic mass is 9.49. The molecule has 7 fully saturated rings. The third kappa shape index (κ3) is 5.67. The van der Waals surface area contributed by atoms with E-state index in [1.807, 2.05) is 13.8 Å². The number of piperidine rings is 2. The summed E-state index contributed by atoms with van der Waals surface area (Å²) in [6.07, 6.45) is -4.21. The number of aliphatic hydroxyl groups is 5. The molecule has 15 nitrogen and oxygen atoms in total. The number of hydrogen-bond donors (Lipinski definition) is 5. The van der Waals surface area contributed by atoms with Gasteiger partial charge in [-0.15, -0.1) is 0 Å². The Morgan fingerprint density at radius 3 is 2.29 bits per heavy atom. The highest BCUT2D eigenvalue weighted by Crippen LogP contribution is 2.77. The normalized spacial score (nSPS) is 49.8. The molecule has 56 heavy (non-hydrogen) atoms. The average molecular weight is 794 g/mol. The van der Waals surface area contributed by atoms with Gasteiger partial charge in [0.2, 0.25) is 5.79 Å². The Balaban J connectivity index is 1.35. The van der Waals surface area contributed by atoms with Crippen LogP contribution >= 0.6 is 0 Å². The van der Waals surface area contributed by atoms with Gasteiger partial charge in [0.15, 0.2) is 17.8 Å². The fourth-order valence-electron chi connectivity index (χ4n) is 13.1. The highest BCUT2D eigenvalue weighted by Gasteiger charge is 2.88. The van der Waals surface area contributed by atoms with E-state index in [-0.39, 0.29) is 25.3 Å². The van der Waals surface area contributed by atoms with Crippen LogP contribution in [0.5, 0.6) is 0 Å². The molecule has 0 aromatic rings. The Bertz CT molecular complexity index is 1620. The summed E-state index contributed by atoms with van der Waals surface area (Å²) >= 11 is 0. The van der Waals surface area contributed by atoms with E-state index in [1.54, 1.807) is 13.8 Å². The van der Waals surface area contributed by atoms with Gasteiger partial charge in [-0.3, -0.25) is 19.3 Å². The Morgan fingerprint density at radius 1 is 0.982 bits per heavy atom. The number of ether oxygens (including phenoxy) is 5. The second kappa shape index (κ2) is 13.6. The summed E-state index contributed by atoms with van der Waals surface area (Å²) in [5.41, 5.74) is -8.17. The largest absolute Gasteiger partial charge is 0.462 e. The molecule has 0 amide bonds. The van der Waals surface area contributed by atoms with Crippen LogP contribution in [-0.4, -0.2) is 132 Å². The molecule has 4 saturated carbocycles. The minimum Gasteiger partial charge on any atom is -0.462 e. The first kappa shape index (κ1) is 41.7. The van der Waals surface area contributed by atoms with Crippen LogP contribution in [0.2, 0.25) is 0 Å². The molecular formula is C41H63NO14. The van der Waals surface area contributed by atoms with Crippen LogP contribution in [0.3, 0.4) is 0 Å². The van der Waals surface area contributed by atoms with Crippen molar-refractivity contribution in [3.05, 3.63) is 0 Å². The molecule has 3 saturated heterocycles. The van der Waals surface area contributed by atoms with Gasteiger partial charge in [-0.25, -0.2) is 4.79 Å². The maximum atomic E-state index is 13.7. The zero-order valence-electron chi connectivity index (χ0n) is 34.2. The first-order valence-electron chi connectivity index (χ1n) is 20.7. The fourth-order valence-corrected chi connectivity index (χ4v) is 13.1. The van der Waals surface area contributed by atoms with Crippen molar-refractivity contribution in [3.63, 3.8) is 0 Å². The lowest BCUT2D eigenvalue weighted by molar-refractivity contribution is -0.301. The summed E-state index contributed by atoms with van der Waals surface area (Å²) in [4.78, 5) is 54.2. The Hall–Kier alpha value is -2.40. The number of rotatable bonds is 8. The van der Waals surface area contributed by atoms with Gasteiger partial charge in [0.1, 0.15) is 17.8 Å². The molecule has 3 aliphatic heterocycles. The lowest BCUT2D eigenvalue weighted by Crippen LogP contribution is -2.77. The first-order chi connectivity index (χ1) is 25.9. The van der Waals surface area contributed by atoms with E-state index in [2.05, 4.69) is 11.8 Å². The molecule has 3 heterocycles. The second-order valence-electron chi connectivity index (χ2n) is 19.3. The van der Waals surface area contributed by atoms with Crippen LogP contribution < -0.4 is 0 Å². The smallest absolute Gasteiger partial charge is 0.342 e. The van der Waals surface area contributed by atoms with Crippen molar-refractivity contribution < 1.29 is 68.4 Å². The molecule has 0 aromatic heterocycles. The van der Waals surface area contributed by atoms with E-state index < -0.39 is 124 Å². The number of nitrogens with zero attached hydrogens (tertiary/aromatic N) is 1. The summed E-state index contributed by atoms with van der Waals surface area (Å²) < 4.78 is 30.3. The SMILES string of the molecule is CC[C@H](C)C(=O)O[C@H]1[C@H](O)[C@H]2[C@@H](CN3C[C@@H](C)CC[C@H]3[C@@]2(C)O)[C@@H]2C[C@]34O[C@]5(O)[C@@H](OC(=O)[C@@](C)(O)[C@@H](C)OC(C)=O)CC[C@@]3(C)[C@@H]5C[C@@H](OC(C)=O)[C@H]4[C@@]21O. The predicted octanol–water partition coefficient (Wildman–Crippen LogP) is 1.61. The molecule has 7 rings (SSSR count). The van der Waals surface area contributed by atoms with Crippen LogP contribution in [0.25, 0.3) is 0 Å². The van der Waals surface area contributed by atoms with Gasteiger partial charge in [-0.05, 0) is 83.5 Å². The van der Waals surface area contributed by atoms with Crippen LogP contribution in [-0.2, 0) is 42.9 Å². The molecule has 0 unspecified atom stereocenters. The zero-order valence-corrected chi connectivity index (χ0v) is 34.2. The summed E-state index contributed by atoms with van der Waals surface area (Å²) in [6, 6.07) is -0.275. The molecule has 15 heteroatoms. The maximum Gasteiger partial charge on any atom is 0.342 e. The maximum absolute atomic E-state index is 13.7. The predicted molar refractivity (Wildman–Crippen MR) is 195 cm³/mol. The monoisotopic (exact) mass is 793 g/mol. The molecule has 1 spiro atoms.